The van der Waals surface area contributed by atoms with Crippen molar-refractivity contribution in [1.29, 1.82) is 0 Å². The molecule has 2 saturated heterocycles. The first-order valence-corrected chi connectivity index (χ1v) is 8.29. The van der Waals surface area contributed by atoms with Crippen LogP contribution in [0.15, 0.2) is 48.8 Å². The van der Waals surface area contributed by atoms with Crippen molar-refractivity contribution in [1.82, 2.24) is 14.9 Å². The van der Waals surface area contributed by atoms with Crippen LogP contribution in [-0.4, -0.2) is 59.7 Å². The molecule has 0 N–H and O–H groups in total. The highest BCUT2D eigenvalue weighted by molar-refractivity contribution is 5.94. The van der Waals surface area contributed by atoms with E-state index in [4.69, 9.17) is 4.74 Å². The van der Waals surface area contributed by atoms with Crippen molar-refractivity contribution < 1.29 is 9.53 Å². The van der Waals surface area contributed by atoms with Gasteiger partial charge in [-0.05, 0) is 18.2 Å². The monoisotopic (exact) mass is 324 g/mol. The molecular weight excluding hydrogens is 304 g/mol. The highest BCUT2D eigenvalue weighted by atomic mass is 16.5. The first-order chi connectivity index (χ1) is 11.8. The number of carbonyl (C=O) groups excluding carboxylic acids is 1. The molecule has 0 unspecified atom stereocenters. The fourth-order valence-corrected chi connectivity index (χ4v) is 3.46. The van der Waals surface area contributed by atoms with Crippen LogP contribution in [0.2, 0.25) is 0 Å². The van der Waals surface area contributed by atoms with Crippen LogP contribution < -0.4 is 4.90 Å². The molecule has 124 valence electrons. The molecule has 0 aliphatic carbocycles. The van der Waals surface area contributed by atoms with Crippen LogP contribution in [0.3, 0.4) is 0 Å². The average Bonchev–Trinajstić information content (AvgIpc) is 2.94. The average molecular weight is 324 g/mol. The maximum atomic E-state index is 12.7. The molecule has 0 bridgehead atoms. The van der Waals surface area contributed by atoms with E-state index < -0.39 is 0 Å². The number of fused-ring (bicyclic) bond motifs is 1. The Morgan fingerprint density at radius 2 is 1.83 bits per heavy atom. The number of ether oxygens (including phenoxy) is 1. The third-order valence-electron chi connectivity index (χ3n) is 4.67. The zero-order valence-corrected chi connectivity index (χ0v) is 13.4. The highest BCUT2D eigenvalue weighted by Gasteiger charge is 2.38. The Morgan fingerprint density at radius 3 is 2.62 bits per heavy atom. The summed E-state index contributed by atoms with van der Waals surface area (Å²) in [6.07, 6.45) is 3.63. The van der Waals surface area contributed by atoms with Gasteiger partial charge in [-0.15, -0.1) is 0 Å². The Labute approximate surface area is 141 Å². The van der Waals surface area contributed by atoms with Gasteiger partial charge in [0.15, 0.2) is 0 Å². The fourth-order valence-electron chi connectivity index (χ4n) is 3.46. The minimum atomic E-state index is 0.0780. The minimum absolute atomic E-state index is 0.0780. The van der Waals surface area contributed by atoms with Gasteiger partial charge >= 0.3 is 0 Å². The van der Waals surface area contributed by atoms with Crippen LogP contribution in [0.4, 0.5) is 5.95 Å². The van der Waals surface area contributed by atoms with Gasteiger partial charge in [0.1, 0.15) is 0 Å². The summed E-state index contributed by atoms with van der Waals surface area (Å²) in [5, 5.41) is 0. The number of hydrogen-bond donors (Lipinski definition) is 0. The lowest BCUT2D eigenvalue weighted by Crippen LogP contribution is -2.37. The van der Waals surface area contributed by atoms with Crippen LogP contribution >= 0.6 is 0 Å². The number of carbonyl (C=O) groups is 1. The standard InChI is InChI=1S/C18H20N4O2/c23-17(14-5-2-1-3-6-14)21-9-10-24-16-13-22(12-15(16)11-21)18-19-7-4-8-20-18/h1-8,15-16H,9-13H2/t15-,16+/m0/s1. The first kappa shape index (κ1) is 15.1. The summed E-state index contributed by atoms with van der Waals surface area (Å²) in [7, 11) is 0. The molecule has 6 heteroatoms. The van der Waals surface area contributed by atoms with E-state index >= 15 is 0 Å². The molecule has 0 saturated carbocycles. The van der Waals surface area contributed by atoms with E-state index in [9.17, 15) is 4.79 Å². The van der Waals surface area contributed by atoms with Crippen molar-refractivity contribution in [2.75, 3.05) is 37.7 Å². The van der Waals surface area contributed by atoms with E-state index in [2.05, 4.69) is 14.9 Å². The molecular formula is C18H20N4O2. The zero-order valence-electron chi connectivity index (χ0n) is 13.4. The molecule has 0 radical (unpaired) electrons. The molecule has 1 aromatic heterocycles. The Bertz CT molecular complexity index is 695. The van der Waals surface area contributed by atoms with E-state index in [0.717, 1.165) is 24.6 Å². The molecule has 1 aromatic carbocycles. The molecule has 2 aliphatic rings. The largest absolute Gasteiger partial charge is 0.374 e. The van der Waals surface area contributed by atoms with Crippen molar-refractivity contribution in [2.24, 2.45) is 5.92 Å². The number of amides is 1. The van der Waals surface area contributed by atoms with Gasteiger partial charge in [0.2, 0.25) is 5.95 Å². The predicted octanol–water partition coefficient (Wildman–Crippen LogP) is 1.45. The second-order valence-corrected chi connectivity index (χ2v) is 6.24. The Balaban J connectivity index is 1.48. The van der Waals surface area contributed by atoms with E-state index in [1.54, 1.807) is 12.4 Å². The summed E-state index contributed by atoms with van der Waals surface area (Å²) in [4.78, 5) is 25.4. The molecule has 4 rings (SSSR count). The van der Waals surface area contributed by atoms with Crippen molar-refractivity contribution in [3.8, 4) is 0 Å². The molecule has 0 spiro atoms. The second-order valence-electron chi connectivity index (χ2n) is 6.24. The molecule has 2 aliphatic heterocycles. The van der Waals surface area contributed by atoms with Crippen LogP contribution in [0.25, 0.3) is 0 Å². The molecule has 6 nitrogen and oxygen atoms in total. The van der Waals surface area contributed by atoms with E-state index in [1.807, 2.05) is 41.3 Å². The Morgan fingerprint density at radius 1 is 1.04 bits per heavy atom. The highest BCUT2D eigenvalue weighted by Crippen LogP contribution is 2.26. The molecule has 24 heavy (non-hydrogen) atoms. The van der Waals surface area contributed by atoms with Crippen LogP contribution in [0, 0.1) is 5.92 Å². The number of benzene rings is 1. The van der Waals surface area contributed by atoms with Crippen LogP contribution in [0.1, 0.15) is 10.4 Å². The van der Waals surface area contributed by atoms with Gasteiger partial charge < -0.3 is 14.5 Å². The lowest BCUT2D eigenvalue weighted by atomic mass is 10.1. The lowest BCUT2D eigenvalue weighted by molar-refractivity contribution is 0.0569. The van der Waals surface area contributed by atoms with Crippen molar-refractivity contribution in [3.63, 3.8) is 0 Å². The number of aromatic nitrogens is 2. The predicted molar refractivity (Wildman–Crippen MR) is 89.8 cm³/mol. The Kier molecular flexibility index (Phi) is 4.13. The lowest BCUT2D eigenvalue weighted by Gasteiger charge is -2.23. The summed E-state index contributed by atoms with van der Waals surface area (Å²) in [5.41, 5.74) is 0.734. The minimum Gasteiger partial charge on any atom is -0.374 e. The van der Waals surface area contributed by atoms with Gasteiger partial charge in [0, 0.05) is 50.1 Å². The smallest absolute Gasteiger partial charge is 0.253 e. The topological polar surface area (TPSA) is 58.6 Å². The second kappa shape index (κ2) is 6.57. The molecule has 1 amide bonds. The quantitative estimate of drug-likeness (QED) is 0.837. The fraction of sp³-hybridized carbons (Fsp3) is 0.389. The third-order valence-corrected chi connectivity index (χ3v) is 4.67. The van der Waals surface area contributed by atoms with Crippen molar-refractivity contribution in [2.45, 2.75) is 6.10 Å². The van der Waals surface area contributed by atoms with E-state index in [0.29, 0.717) is 19.7 Å². The number of nitrogens with zero attached hydrogens (tertiary/aromatic N) is 4. The maximum absolute atomic E-state index is 12.7. The maximum Gasteiger partial charge on any atom is 0.253 e. The number of hydrogen-bond acceptors (Lipinski definition) is 5. The van der Waals surface area contributed by atoms with Crippen molar-refractivity contribution in [3.05, 3.63) is 54.4 Å². The number of anilines is 1. The summed E-state index contributed by atoms with van der Waals surface area (Å²) >= 11 is 0. The Hall–Kier alpha value is -2.47. The van der Waals surface area contributed by atoms with Crippen LogP contribution in [-0.2, 0) is 4.74 Å². The van der Waals surface area contributed by atoms with E-state index in [-0.39, 0.29) is 17.9 Å². The van der Waals surface area contributed by atoms with Gasteiger partial charge in [-0.1, -0.05) is 18.2 Å². The van der Waals surface area contributed by atoms with Crippen molar-refractivity contribution >= 4 is 11.9 Å². The number of rotatable bonds is 2. The summed E-state index contributed by atoms with van der Waals surface area (Å²) in [6.45, 7) is 3.52. The van der Waals surface area contributed by atoms with E-state index in [1.165, 1.54) is 0 Å². The van der Waals surface area contributed by atoms with Gasteiger partial charge in [-0.3, -0.25) is 4.79 Å². The summed E-state index contributed by atoms with van der Waals surface area (Å²) in [6, 6.07) is 11.3. The zero-order chi connectivity index (χ0) is 16.4. The van der Waals surface area contributed by atoms with Crippen LogP contribution in [0.5, 0.6) is 0 Å². The molecule has 2 aromatic rings. The first-order valence-electron chi connectivity index (χ1n) is 8.29. The SMILES string of the molecule is O=C(c1ccccc1)N1CCO[C@@H]2CN(c3ncccn3)C[C@@H]2C1. The molecule has 2 atom stereocenters. The summed E-state index contributed by atoms with van der Waals surface area (Å²) in [5.74, 6) is 1.09. The van der Waals surface area contributed by atoms with Gasteiger partial charge in [-0.25, -0.2) is 9.97 Å². The summed E-state index contributed by atoms with van der Waals surface area (Å²) < 4.78 is 6.00. The van der Waals surface area contributed by atoms with Gasteiger partial charge in [-0.2, -0.15) is 0 Å². The molecule has 2 fully saturated rings. The third kappa shape index (κ3) is 2.97. The van der Waals surface area contributed by atoms with Gasteiger partial charge in [0.25, 0.3) is 5.91 Å². The van der Waals surface area contributed by atoms with Gasteiger partial charge in [0.05, 0.1) is 12.7 Å². The normalized spacial score (nSPS) is 23.7. The molecule has 3 heterocycles.